The molecule has 6 nitrogen and oxygen atoms in total. The minimum Gasteiger partial charge on any atom is -0.461 e. The van der Waals surface area contributed by atoms with E-state index in [1.807, 2.05) is 0 Å². The Kier molecular flexibility index (Phi) is 4.05. The van der Waals surface area contributed by atoms with Gasteiger partial charge in [-0.25, -0.2) is 9.78 Å². The van der Waals surface area contributed by atoms with Gasteiger partial charge in [-0.2, -0.15) is 0 Å². The van der Waals surface area contributed by atoms with Crippen molar-refractivity contribution in [1.29, 1.82) is 0 Å². The van der Waals surface area contributed by atoms with Crippen molar-refractivity contribution in [3.63, 3.8) is 0 Å². The maximum absolute atomic E-state index is 11.6. The topological polar surface area (TPSA) is 82.3 Å². The largest absolute Gasteiger partial charge is 0.461 e. The fourth-order valence-electron chi connectivity index (χ4n) is 1.70. The van der Waals surface area contributed by atoms with Crippen LogP contribution in [-0.4, -0.2) is 22.5 Å². The molecule has 102 valence electrons. The average molecular weight is 272 g/mol. The van der Waals surface area contributed by atoms with Crippen molar-refractivity contribution in [2.24, 2.45) is 0 Å². The van der Waals surface area contributed by atoms with Gasteiger partial charge in [-0.15, -0.1) is 0 Å². The molecule has 2 aromatic rings. The number of rotatable bonds is 4. The summed E-state index contributed by atoms with van der Waals surface area (Å²) in [5.74, 6) is -0.490. The maximum Gasteiger partial charge on any atom is 0.356 e. The standard InChI is InChI=1S/C14H12N2O4/c1-2-20-14(17)13-9-11(7-8-15-13)10-3-5-12(6-4-10)16(18)19/h3-9H,2H2,1H3. The lowest BCUT2D eigenvalue weighted by Gasteiger charge is -2.04. The number of non-ortho nitro benzene ring substituents is 1. The number of pyridine rings is 1. The lowest BCUT2D eigenvalue weighted by molar-refractivity contribution is -0.384. The number of nitrogens with zero attached hydrogens (tertiary/aromatic N) is 2. The van der Waals surface area contributed by atoms with Crippen LogP contribution in [-0.2, 0) is 4.74 Å². The Hall–Kier alpha value is -2.76. The Morgan fingerprint density at radius 1 is 1.25 bits per heavy atom. The van der Waals surface area contributed by atoms with Crippen LogP contribution in [0.2, 0.25) is 0 Å². The summed E-state index contributed by atoms with van der Waals surface area (Å²) in [5, 5.41) is 10.6. The summed E-state index contributed by atoms with van der Waals surface area (Å²) >= 11 is 0. The van der Waals surface area contributed by atoms with E-state index in [1.165, 1.54) is 18.3 Å². The van der Waals surface area contributed by atoms with Gasteiger partial charge in [0.05, 0.1) is 11.5 Å². The predicted molar refractivity (Wildman–Crippen MR) is 72.3 cm³/mol. The van der Waals surface area contributed by atoms with Crippen molar-refractivity contribution < 1.29 is 14.5 Å². The number of nitro benzene ring substituents is 1. The highest BCUT2D eigenvalue weighted by Gasteiger charge is 2.10. The average Bonchev–Trinajstić information content (AvgIpc) is 2.48. The van der Waals surface area contributed by atoms with Crippen LogP contribution in [0.4, 0.5) is 5.69 Å². The van der Waals surface area contributed by atoms with E-state index >= 15 is 0 Å². The first-order chi connectivity index (χ1) is 9.61. The number of ether oxygens (including phenoxy) is 1. The molecule has 20 heavy (non-hydrogen) atoms. The Balaban J connectivity index is 2.31. The van der Waals surface area contributed by atoms with Crippen LogP contribution in [0, 0.1) is 10.1 Å². The molecular weight excluding hydrogens is 260 g/mol. The van der Waals surface area contributed by atoms with E-state index in [4.69, 9.17) is 4.74 Å². The van der Waals surface area contributed by atoms with Gasteiger partial charge in [0.1, 0.15) is 5.69 Å². The summed E-state index contributed by atoms with van der Waals surface area (Å²) in [6.07, 6.45) is 1.50. The fourth-order valence-corrected chi connectivity index (χ4v) is 1.70. The van der Waals surface area contributed by atoms with Crippen molar-refractivity contribution in [1.82, 2.24) is 4.98 Å². The summed E-state index contributed by atoms with van der Waals surface area (Å²) in [5.41, 5.74) is 1.75. The molecule has 0 aliphatic heterocycles. The van der Waals surface area contributed by atoms with E-state index in [-0.39, 0.29) is 18.0 Å². The van der Waals surface area contributed by atoms with Crippen molar-refractivity contribution in [2.45, 2.75) is 6.92 Å². The molecule has 0 aliphatic carbocycles. The molecule has 1 heterocycles. The molecule has 0 fully saturated rings. The fraction of sp³-hybridized carbons (Fsp3) is 0.143. The molecule has 0 spiro atoms. The number of carbonyl (C=O) groups excluding carboxylic acids is 1. The maximum atomic E-state index is 11.6. The van der Waals surface area contributed by atoms with E-state index in [1.54, 1.807) is 31.2 Å². The van der Waals surface area contributed by atoms with Gasteiger partial charge < -0.3 is 4.74 Å². The second kappa shape index (κ2) is 5.92. The summed E-state index contributed by atoms with van der Waals surface area (Å²) < 4.78 is 4.88. The number of hydrogen-bond donors (Lipinski definition) is 0. The molecule has 0 atom stereocenters. The number of benzene rings is 1. The van der Waals surface area contributed by atoms with Crippen LogP contribution in [0.15, 0.2) is 42.6 Å². The summed E-state index contributed by atoms with van der Waals surface area (Å²) in [6.45, 7) is 2.00. The second-order valence-corrected chi connectivity index (χ2v) is 3.95. The third-order valence-corrected chi connectivity index (χ3v) is 2.66. The van der Waals surface area contributed by atoms with Gasteiger partial charge in [-0.3, -0.25) is 10.1 Å². The zero-order valence-corrected chi connectivity index (χ0v) is 10.8. The van der Waals surface area contributed by atoms with E-state index in [2.05, 4.69) is 4.98 Å². The van der Waals surface area contributed by atoms with Crippen LogP contribution in [0.1, 0.15) is 17.4 Å². The molecule has 1 aromatic carbocycles. The van der Waals surface area contributed by atoms with Crippen LogP contribution in [0.25, 0.3) is 11.1 Å². The highest BCUT2D eigenvalue weighted by molar-refractivity contribution is 5.88. The number of hydrogen-bond acceptors (Lipinski definition) is 5. The monoisotopic (exact) mass is 272 g/mol. The van der Waals surface area contributed by atoms with E-state index in [0.717, 1.165) is 11.1 Å². The first-order valence-electron chi connectivity index (χ1n) is 6.00. The SMILES string of the molecule is CCOC(=O)c1cc(-c2ccc([N+](=O)[O-])cc2)ccn1. The lowest BCUT2D eigenvalue weighted by atomic mass is 10.1. The third-order valence-electron chi connectivity index (χ3n) is 2.66. The van der Waals surface area contributed by atoms with Crippen molar-refractivity contribution >= 4 is 11.7 Å². The molecule has 2 rings (SSSR count). The van der Waals surface area contributed by atoms with E-state index in [9.17, 15) is 14.9 Å². The van der Waals surface area contributed by atoms with Crippen molar-refractivity contribution in [3.8, 4) is 11.1 Å². The van der Waals surface area contributed by atoms with E-state index in [0.29, 0.717) is 0 Å². The Morgan fingerprint density at radius 3 is 2.55 bits per heavy atom. The molecule has 0 amide bonds. The molecule has 0 saturated carbocycles. The van der Waals surface area contributed by atoms with Crippen molar-refractivity contribution in [3.05, 3.63) is 58.4 Å². The molecule has 0 bridgehead atoms. The predicted octanol–water partition coefficient (Wildman–Crippen LogP) is 2.83. The Morgan fingerprint density at radius 2 is 1.95 bits per heavy atom. The number of nitro groups is 1. The first kappa shape index (κ1) is 13.7. The molecule has 0 aliphatic rings. The van der Waals surface area contributed by atoms with E-state index < -0.39 is 10.9 Å². The third kappa shape index (κ3) is 2.97. The van der Waals surface area contributed by atoms with Crippen LogP contribution in [0.3, 0.4) is 0 Å². The van der Waals surface area contributed by atoms with Crippen LogP contribution < -0.4 is 0 Å². The lowest BCUT2D eigenvalue weighted by Crippen LogP contribution is -2.06. The molecular formula is C14H12N2O4. The highest BCUT2D eigenvalue weighted by Crippen LogP contribution is 2.22. The minimum absolute atomic E-state index is 0.0217. The smallest absolute Gasteiger partial charge is 0.356 e. The zero-order chi connectivity index (χ0) is 14.5. The zero-order valence-electron chi connectivity index (χ0n) is 10.8. The Labute approximate surface area is 115 Å². The Bertz CT molecular complexity index is 638. The molecule has 0 N–H and O–H groups in total. The number of carbonyl (C=O) groups is 1. The van der Waals surface area contributed by atoms with Crippen molar-refractivity contribution in [2.75, 3.05) is 6.61 Å². The molecule has 6 heteroatoms. The van der Waals surface area contributed by atoms with Gasteiger partial charge in [-0.05, 0) is 42.3 Å². The van der Waals surface area contributed by atoms with Gasteiger partial charge in [0.25, 0.3) is 5.69 Å². The molecule has 0 radical (unpaired) electrons. The quantitative estimate of drug-likeness (QED) is 0.485. The normalized spacial score (nSPS) is 10.1. The van der Waals surface area contributed by atoms with Gasteiger partial charge >= 0.3 is 5.97 Å². The minimum atomic E-state index is -0.490. The molecule has 1 aromatic heterocycles. The highest BCUT2D eigenvalue weighted by atomic mass is 16.6. The van der Waals surface area contributed by atoms with Gasteiger partial charge in [-0.1, -0.05) is 0 Å². The summed E-state index contributed by atoms with van der Waals surface area (Å²) in [6, 6.07) is 9.41. The first-order valence-corrected chi connectivity index (χ1v) is 6.00. The summed E-state index contributed by atoms with van der Waals surface area (Å²) in [4.78, 5) is 25.7. The second-order valence-electron chi connectivity index (χ2n) is 3.95. The molecule has 0 saturated heterocycles. The van der Waals surface area contributed by atoms with Gasteiger partial charge in [0, 0.05) is 18.3 Å². The number of esters is 1. The van der Waals surface area contributed by atoms with Gasteiger partial charge in [0.2, 0.25) is 0 Å². The van der Waals surface area contributed by atoms with Gasteiger partial charge in [0.15, 0.2) is 0 Å². The van der Waals surface area contributed by atoms with Crippen LogP contribution in [0.5, 0.6) is 0 Å². The van der Waals surface area contributed by atoms with Crippen LogP contribution >= 0.6 is 0 Å². The molecule has 0 unspecified atom stereocenters. The summed E-state index contributed by atoms with van der Waals surface area (Å²) in [7, 11) is 0. The number of aromatic nitrogens is 1.